The van der Waals surface area contributed by atoms with Gasteiger partial charge in [-0.2, -0.15) is 0 Å². The van der Waals surface area contributed by atoms with Crippen molar-refractivity contribution in [2.24, 2.45) is 0 Å². The Morgan fingerprint density at radius 3 is 2.41 bits per heavy atom. The lowest BCUT2D eigenvalue weighted by molar-refractivity contribution is -0.114. The van der Waals surface area contributed by atoms with Gasteiger partial charge in [-0.05, 0) is 29.7 Å². The van der Waals surface area contributed by atoms with Crippen LogP contribution in [0.1, 0.15) is 0 Å². The number of thioether (sulfide) groups is 1. The summed E-state index contributed by atoms with van der Waals surface area (Å²) >= 11 is 6.87. The lowest BCUT2D eigenvalue weighted by Gasteiger charge is -2.09. The molecule has 27 heavy (non-hydrogen) atoms. The molecule has 0 aliphatic heterocycles. The van der Waals surface area contributed by atoms with Crippen LogP contribution >= 0.6 is 23.4 Å². The van der Waals surface area contributed by atoms with E-state index in [4.69, 9.17) is 11.6 Å². The smallest absolute Gasteiger partial charge is 0.234 e. The summed E-state index contributed by atoms with van der Waals surface area (Å²) in [6.07, 6.45) is 0. The molecular formula is C20H16ClFN2O2S. The molecule has 2 N–H and O–H groups in total. The number of carbonyl (C=O) groups excluding carboxylic acids is 2. The minimum absolute atomic E-state index is 0.0603. The largest absolute Gasteiger partial charge is 0.325 e. The molecule has 0 aliphatic carbocycles. The Labute approximate surface area is 165 Å². The van der Waals surface area contributed by atoms with E-state index in [1.54, 1.807) is 0 Å². The van der Waals surface area contributed by atoms with E-state index in [0.717, 1.165) is 16.5 Å². The second-order valence-corrected chi connectivity index (χ2v) is 7.14. The first-order chi connectivity index (χ1) is 13.0. The molecule has 0 unspecified atom stereocenters. The van der Waals surface area contributed by atoms with Crippen LogP contribution in [0.5, 0.6) is 0 Å². The molecule has 0 saturated carbocycles. The highest BCUT2D eigenvalue weighted by atomic mass is 35.5. The number of hydrogen-bond acceptors (Lipinski definition) is 3. The maximum absolute atomic E-state index is 13.1. The summed E-state index contributed by atoms with van der Waals surface area (Å²) in [5.74, 6) is -0.789. The maximum atomic E-state index is 13.1. The molecule has 0 aromatic heterocycles. The number of halogens is 2. The molecule has 0 spiro atoms. The standard InChI is InChI=1S/C20H16ClFN2O2S/c21-16-10-14(8-9-17(16)22)23-19(25)11-27-12-20(26)24-18-7-3-5-13-4-1-2-6-15(13)18/h1-10H,11-12H2,(H,23,25)(H,24,26). The average Bonchev–Trinajstić information content (AvgIpc) is 2.65. The Balaban J connectivity index is 1.49. The zero-order valence-corrected chi connectivity index (χ0v) is 15.7. The maximum Gasteiger partial charge on any atom is 0.234 e. The van der Waals surface area contributed by atoms with Gasteiger partial charge >= 0.3 is 0 Å². The Hall–Kier alpha value is -2.57. The van der Waals surface area contributed by atoms with Gasteiger partial charge in [0.2, 0.25) is 11.8 Å². The van der Waals surface area contributed by atoms with Crippen molar-refractivity contribution < 1.29 is 14.0 Å². The number of amides is 2. The van der Waals surface area contributed by atoms with Gasteiger partial charge in [-0.15, -0.1) is 11.8 Å². The highest BCUT2D eigenvalue weighted by molar-refractivity contribution is 8.00. The van der Waals surface area contributed by atoms with Crippen LogP contribution in [-0.4, -0.2) is 23.3 Å². The summed E-state index contributed by atoms with van der Waals surface area (Å²) in [4.78, 5) is 24.1. The van der Waals surface area contributed by atoms with Crippen LogP contribution in [0.3, 0.4) is 0 Å². The Bertz CT molecular complexity index is 991. The van der Waals surface area contributed by atoms with E-state index < -0.39 is 5.82 Å². The summed E-state index contributed by atoms with van der Waals surface area (Å²) < 4.78 is 13.1. The molecule has 2 amide bonds. The molecule has 4 nitrogen and oxygen atoms in total. The molecule has 0 bridgehead atoms. The van der Waals surface area contributed by atoms with Gasteiger partial charge in [-0.1, -0.05) is 48.0 Å². The SMILES string of the molecule is O=C(CSCC(=O)Nc1cccc2ccccc12)Nc1ccc(F)c(Cl)c1. The van der Waals surface area contributed by atoms with E-state index in [0.29, 0.717) is 5.69 Å². The van der Waals surface area contributed by atoms with Gasteiger partial charge in [0, 0.05) is 16.8 Å². The molecule has 3 aromatic rings. The summed E-state index contributed by atoms with van der Waals surface area (Å²) in [5.41, 5.74) is 1.15. The van der Waals surface area contributed by atoms with Crippen molar-refractivity contribution in [3.8, 4) is 0 Å². The van der Waals surface area contributed by atoms with Crippen LogP contribution in [0.2, 0.25) is 5.02 Å². The minimum Gasteiger partial charge on any atom is -0.325 e. The molecule has 0 heterocycles. The van der Waals surface area contributed by atoms with Gasteiger partial charge in [-0.25, -0.2) is 4.39 Å². The Kier molecular flexibility index (Phi) is 6.32. The van der Waals surface area contributed by atoms with Crippen LogP contribution in [0, 0.1) is 5.82 Å². The van der Waals surface area contributed by atoms with Crippen LogP contribution in [0.15, 0.2) is 60.7 Å². The number of benzene rings is 3. The molecular weight excluding hydrogens is 387 g/mol. The third-order valence-electron chi connectivity index (χ3n) is 3.73. The monoisotopic (exact) mass is 402 g/mol. The first-order valence-corrected chi connectivity index (χ1v) is 9.66. The number of fused-ring (bicyclic) bond motifs is 1. The van der Waals surface area contributed by atoms with Gasteiger partial charge in [0.25, 0.3) is 0 Å². The fraction of sp³-hybridized carbons (Fsp3) is 0.100. The van der Waals surface area contributed by atoms with Crippen molar-refractivity contribution in [3.63, 3.8) is 0 Å². The third-order valence-corrected chi connectivity index (χ3v) is 4.96. The summed E-state index contributed by atoms with van der Waals surface area (Å²) in [6, 6.07) is 17.4. The molecule has 3 rings (SSSR count). The van der Waals surface area contributed by atoms with Gasteiger partial charge in [-0.3, -0.25) is 9.59 Å². The van der Waals surface area contributed by atoms with Gasteiger partial charge < -0.3 is 10.6 Å². The lowest BCUT2D eigenvalue weighted by Crippen LogP contribution is -2.18. The third kappa shape index (κ3) is 5.21. The quantitative estimate of drug-likeness (QED) is 0.613. The predicted molar refractivity (Wildman–Crippen MR) is 110 cm³/mol. The molecule has 3 aromatic carbocycles. The molecule has 0 fully saturated rings. The summed E-state index contributed by atoms with van der Waals surface area (Å²) in [6.45, 7) is 0. The van der Waals surface area contributed by atoms with Crippen LogP contribution in [-0.2, 0) is 9.59 Å². The van der Waals surface area contributed by atoms with Crippen molar-refractivity contribution in [2.75, 3.05) is 22.1 Å². The van der Waals surface area contributed by atoms with E-state index in [9.17, 15) is 14.0 Å². The second-order valence-electron chi connectivity index (χ2n) is 5.74. The number of hydrogen-bond donors (Lipinski definition) is 2. The molecule has 138 valence electrons. The van der Waals surface area contributed by atoms with Crippen molar-refractivity contribution >= 4 is 57.3 Å². The number of anilines is 2. The summed E-state index contributed by atoms with van der Waals surface area (Å²) in [5, 5.41) is 7.43. The van der Waals surface area contributed by atoms with E-state index in [2.05, 4.69) is 10.6 Å². The molecule has 0 radical (unpaired) electrons. The Morgan fingerprint density at radius 2 is 1.63 bits per heavy atom. The van der Waals surface area contributed by atoms with Gasteiger partial charge in [0.1, 0.15) is 5.82 Å². The topological polar surface area (TPSA) is 58.2 Å². The molecule has 0 atom stereocenters. The fourth-order valence-corrected chi connectivity index (χ4v) is 3.33. The van der Waals surface area contributed by atoms with Crippen molar-refractivity contribution in [1.82, 2.24) is 0 Å². The first-order valence-electron chi connectivity index (χ1n) is 8.13. The first kappa shape index (κ1) is 19.2. The van der Waals surface area contributed by atoms with E-state index in [-0.39, 0.29) is 28.3 Å². The van der Waals surface area contributed by atoms with Gasteiger partial charge in [0.15, 0.2) is 0 Å². The van der Waals surface area contributed by atoms with Crippen LogP contribution < -0.4 is 10.6 Å². The highest BCUT2D eigenvalue weighted by Gasteiger charge is 2.09. The molecule has 7 heteroatoms. The lowest BCUT2D eigenvalue weighted by atomic mass is 10.1. The number of nitrogens with one attached hydrogen (secondary N) is 2. The van der Waals surface area contributed by atoms with Crippen LogP contribution in [0.25, 0.3) is 10.8 Å². The fourth-order valence-electron chi connectivity index (χ4n) is 2.53. The number of carbonyl (C=O) groups is 2. The average molecular weight is 403 g/mol. The van der Waals surface area contributed by atoms with E-state index in [1.165, 1.54) is 30.0 Å². The van der Waals surface area contributed by atoms with E-state index >= 15 is 0 Å². The Morgan fingerprint density at radius 1 is 0.926 bits per heavy atom. The van der Waals surface area contributed by atoms with Crippen molar-refractivity contribution in [2.45, 2.75) is 0 Å². The van der Waals surface area contributed by atoms with Gasteiger partial charge in [0.05, 0.1) is 16.5 Å². The van der Waals surface area contributed by atoms with Crippen molar-refractivity contribution in [3.05, 3.63) is 71.5 Å². The number of rotatable bonds is 6. The zero-order valence-electron chi connectivity index (χ0n) is 14.2. The zero-order chi connectivity index (χ0) is 19.2. The van der Waals surface area contributed by atoms with E-state index in [1.807, 2.05) is 42.5 Å². The molecule has 0 aliphatic rings. The summed E-state index contributed by atoms with van der Waals surface area (Å²) in [7, 11) is 0. The normalized spacial score (nSPS) is 10.6. The van der Waals surface area contributed by atoms with Crippen LogP contribution in [0.4, 0.5) is 15.8 Å². The van der Waals surface area contributed by atoms with Crippen molar-refractivity contribution in [1.29, 1.82) is 0 Å². The second kappa shape index (κ2) is 8.88. The highest BCUT2D eigenvalue weighted by Crippen LogP contribution is 2.23. The predicted octanol–water partition coefficient (Wildman–Crippen LogP) is 4.94. The minimum atomic E-state index is -0.547. The molecule has 0 saturated heterocycles.